The maximum absolute atomic E-state index is 12.5. The van der Waals surface area contributed by atoms with Gasteiger partial charge in [0, 0.05) is 18.3 Å². The number of esters is 1. The molecule has 2 N–H and O–H groups in total. The first-order valence-corrected chi connectivity index (χ1v) is 8.10. The predicted molar refractivity (Wildman–Crippen MR) is 98.4 cm³/mol. The lowest BCUT2D eigenvalue weighted by molar-refractivity contribution is -0.148. The second-order valence-corrected chi connectivity index (χ2v) is 5.48. The minimum absolute atomic E-state index is 0.0896. The molecule has 130 valence electrons. The van der Waals surface area contributed by atoms with E-state index in [1.807, 2.05) is 42.5 Å². The van der Waals surface area contributed by atoms with Crippen molar-refractivity contribution in [3.8, 4) is 0 Å². The lowest BCUT2D eigenvalue weighted by Crippen LogP contribution is -2.35. The number of carbonyl (C=O) groups excluding carboxylic acids is 2. The molecule has 2 aromatic rings. The summed E-state index contributed by atoms with van der Waals surface area (Å²) < 4.78 is 4.97. The van der Waals surface area contributed by atoms with Crippen LogP contribution in [0.25, 0.3) is 6.08 Å². The lowest BCUT2D eigenvalue weighted by Gasteiger charge is -2.20. The fraction of sp³-hybridized carbons (Fsp3) is 0.200. The van der Waals surface area contributed by atoms with Crippen LogP contribution < -0.4 is 5.73 Å². The number of anilines is 1. The van der Waals surface area contributed by atoms with Crippen LogP contribution in [0.1, 0.15) is 18.1 Å². The van der Waals surface area contributed by atoms with Crippen molar-refractivity contribution < 1.29 is 14.3 Å². The van der Waals surface area contributed by atoms with Gasteiger partial charge in [0.2, 0.25) is 5.91 Å². The summed E-state index contributed by atoms with van der Waals surface area (Å²) in [6, 6.07) is 16.7. The van der Waals surface area contributed by atoms with Gasteiger partial charge in [-0.2, -0.15) is 0 Å². The standard InChI is InChI=1S/C20H22N2O3/c1-2-25-20(24)15-22(14-17-6-4-3-5-7-17)19(23)13-10-16-8-11-18(21)12-9-16/h3-13H,2,14-15,21H2,1H3/b13-10+. The summed E-state index contributed by atoms with van der Waals surface area (Å²) in [4.78, 5) is 25.8. The number of nitrogens with zero attached hydrogens (tertiary/aromatic N) is 1. The van der Waals surface area contributed by atoms with Gasteiger partial charge in [-0.05, 0) is 36.3 Å². The number of rotatable bonds is 7. The quantitative estimate of drug-likeness (QED) is 0.479. The summed E-state index contributed by atoms with van der Waals surface area (Å²) in [5, 5.41) is 0. The highest BCUT2D eigenvalue weighted by atomic mass is 16.5. The van der Waals surface area contributed by atoms with Gasteiger partial charge in [-0.15, -0.1) is 0 Å². The predicted octanol–water partition coefficient (Wildman–Crippen LogP) is 2.87. The Morgan fingerprint density at radius 2 is 1.76 bits per heavy atom. The largest absolute Gasteiger partial charge is 0.465 e. The molecule has 25 heavy (non-hydrogen) atoms. The van der Waals surface area contributed by atoms with Crippen LogP contribution in [-0.2, 0) is 20.9 Å². The van der Waals surface area contributed by atoms with Gasteiger partial charge in [-0.25, -0.2) is 0 Å². The molecule has 0 aliphatic rings. The monoisotopic (exact) mass is 338 g/mol. The van der Waals surface area contributed by atoms with Crippen molar-refractivity contribution in [2.24, 2.45) is 0 Å². The van der Waals surface area contributed by atoms with Crippen molar-refractivity contribution in [3.05, 3.63) is 71.8 Å². The molecule has 0 aliphatic carbocycles. The number of benzene rings is 2. The third-order valence-electron chi connectivity index (χ3n) is 3.51. The van der Waals surface area contributed by atoms with Crippen LogP contribution in [0.2, 0.25) is 0 Å². The smallest absolute Gasteiger partial charge is 0.325 e. The number of hydrogen-bond acceptors (Lipinski definition) is 4. The van der Waals surface area contributed by atoms with Gasteiger partial charge in [-0.3, -0.25) is 9.59 Å². The first-order chi connectivity index (χ1) is 12.1. The van der Waals surface area contributed by atoms with E-state index in [9.17, 15) is 9.59 Å². The molecule has 0 heterocycles. The Kier molecular flexibility index (Phi) is 6.77. The van der Waals surface area contributed by atoms with Gasteiger partial charge < -0.3 is 15.4 Å². The molecule has 0 atom stereocenters. The maximum Gasteiger partial charge on any atom is 0.325 e. The number of ether oxygens (including phenoxy) is 1. The average molecular weight is 338 g/mol. The fourth-order valence-corrected chi connectivity index (χ4v) is 2.26. The zero-order chi connectivity index (χ0) is 18.1. The number of nitrogens with two attached hydrogens (primary N) is 1. The minimum Gasteiger partial charge on any atom is -0.465 e. The second-order valence-electron chi connectivity index (χ2n) is 5.48. The highest BCUT2D eigenvalue weighted by Gasteiger charge is 2.16. The van der Waals surface area contributed by atoms with E-state index in [2.05, 4.69) is 0 Å². The van der Waals surface area contributed by atoms with Crippen LogP contribution in [-0.4, -0.2) is 29.9 Å². The zero-order valence-electron chi connectivity index (χ0n) is 14.2. The first kappa shape index (κ1) is 18.3. The van der Waals surface area contributed by atoms with E-state index in [4.69, 9.17) is 10.5 Å². The minimum atomic E-state index is -0.423. The van der Waals surface area contributed by atoms with Crippen LogP contribution in [0.5, 0.6) is 0 Å². The van der Waals surface area contributed by atoms with E-state index in [-0.39, 0.29) is 19.1 Å². The molecule has 5 heteroatoms. The van der Waals surface area contributed by atoms with E-state index >= 15 is 0 Å². The van der Waals surface area contributed by atoms with Gasteiger partial charge in [0.1, 0.15) is 6.54 Å². The topological polar surface area (TPSA) is 72.6 Å². The van der Waals surface area contributed by atoms with Gasteiger partial charge in [0.05, 0.1) is 6.61 Å². The number of hydrogen-bond donors (Lipinski definition) is 1. The molecule has 2 aromatic carbocycles. The molecular formula is C20H22N2O3. The molecule has 1 amide bonds. The Bertz CT molecular complexity index is 724. The highest BCUT2D eigenvalue weighted by Crippen LogP contribution is 2.09. The van der Waals surface area contributed by atoms with Gasteiger partial charge in [-0.1, -0.05) is 42.5 Å². The van der Waals surface area contributed by atoms with Crippen LogP contribution >= 0.6 is 0 Å². The van der Waals surface area contributed by atoms with Gasteiger partial charge in [0.15, 0.2) is 0 Å². The average Bonchev–Trinajstić information content (AvgIpc) is 2.61. The Hall–Kier alpha value is -3.08. The van der Waals surface area contributed by atoms with E-state index < -0.39 is 5.97 Å². The molecule has 0 saturated carbocycles. The molecular weight excluding hydrogens is 316 g/mol. The van der Waals surface area contributed by atoms with E-state index in [1.54, 1.807) is 25.1 Å². The Morgan fingerprint density at radius 1 is 1.08 bits per heavy atom. The van der Waals surface area contributed by atoms with Crippen LogP contribution in [0.15, 0.2) is 60.7 Å². The summed E-state index contributed by atoms with van der Waals surface area (Å²) in [5.41, 5.74) is 8.12. The van der Waals surface area contributed by atoms with Gasteiger partial charge >= 0.3 is 5.97 Å². The molecule has 0 spiro atoms. The number of carbonyl (C=O) groups is 2. The normalized spacial score (nSPS) is 10.6. The molecule has 0 aromatic heterocycles. The molecule has 2 rings (SSSR count). The van der Waals surface area contributed by atoms with Crippen molar-refractivity contribution in [2.75, 3.05) is 18.9 Å². The summed E-state index contributed by atoms with van der Waals surface area (Å²) in [6.07, 6.45) is 3.15. The van der Waals surface area contributed by atoms with E-state index in [0.29, 0.717) is 12.2 Å². The fourth-order valence-electron chi connectivity index (χ4n) is 2.26. The Morgan fingerprint density at radius 3 is 2.40 bits per heavy atom. The van der Waals surface area contributed by atoms with E-state index in [1.165, 1.54) is 11.0 Å². The van der Waals surface area contributed by atoms with E-state index in [0.717, 1.165) is 11.1 Å². The van der Waals surface area contributed by atoms with Crippen LogP contribution in [0.4, 0.5) is 5.69 Å². The van der Waals surface area contributed by atoms with Crippen LogP contribution in [0, 0.1) is 0 Å². The second kappa shape index (κ2) is 9.27. The zero-order valence-corrected chi connectivity index (χ0v) is 14.2. The van der Waals surface area contributed by atoms with Crippen molar-refractivity contribution >= 4 is 23.6 Å². The Balaban J connectivity index is 2.10. The van der Waals surface area contributed by atoms with Crippen molar-refractivity contribution in [1.82, 2.24) is 4.90 Å². The summed E-state index contributed by atoms with van der Waals surface area (Å²) >= 11 is 0. The maximum atomic E-state index is 12.5. The third-order valence-corrected chi connectivity index (χ3v) is 3.51. The summed E-state index contributed by atoms with van der Waals surface area (Å²) in [5.74, 6) is -0.679. The lowest BCUT2D eigenvalue weighted by atomic mass is 10.2. The molecule has 0 saturated heterocycles. The summed E-state index contributed by atoms with van der Waals surface area (Å²) in [6.45, 7) is 2.27. The molecule has 0 unspecified atom stereocenters. The Labute approximate surface area is 147 Å². The SMILES string of the molecule is CCOC(=O)CN(Cc1ccccc1)C(=O)/C=C/c1ccc(N)cc1. The van der Waals surface area contributed by atoms with Gasteiger partial charge in [0.25, 0.3) is 0 Å². The molecule has 0 aliphatic heterocycles. The summed E-state index contributed by atoms with van der Waals surface area (Å²) in [7, 11) is 0. The number of nitrogen functional groups attached to an aromatic ring is 1. The molecule has 0 fully saturated rings. The van der Waals surface area contributed by atoms with Crippen molar-refractivity contribution in [3.63, 3.8) is 0 Å². The third kappa shape index (κ3) is 6.14. The highest BCUT2D eigenvalue weighted by molar-refractivity contribution is 5.93. The number of amides is 1. The van der Waals surface area contributed by atoms with Crippen molar-refractivity contribution in [2.45, 2.75) is 13.5 Å². The molecule has 5 nitrogen and oxygen atoms in total. The van der Waals surface area contributed by atoms with Crippen molar-refractivity contribution in [1.29, 1.82) is 0 Å². The molecule has 0 radical (unpaired) electrons. The molecule has 0 bridgehead atoms. The van der Waals surface area contributed by atoms with Crippen LogP contribution in [0.3, 0.4) is 0 Å². The first-order valence-electron chi connectivity index (χ1n) is 8.10.